The largest absolute Gasteiger partial charge is 0.494 e. The van der Waals surface area contributed by atoms with Gasteiger partial charge in [0.25, 0.3) is 11.6 Å². The molecule has 0 saturated heterocycles. The maximum Gasteiger partial charge on any atom is 0.338 e. The topological polar surface area (TPSA) is 126 Å². The molecule has 0 heterocycles. The van der Waals surface area contributed by atoms with Gasteiger partial charge in [-0.1, -0.05) is 6.92 Å². The number of nitrogens with one attached hydrogen (secondary N) is 1. The number of hydrogen-bond donors (Lipinski definition) is 1. The van der Waals surface area contributed by atoms with E-state index in [1.54, 1.807) is 6.07 Å². The minimum atomic E-state index is -0.714. The van der Waals surface area contributed by atoms with Crippen molar-refractivity contribution in [2.45, 2.75) is 20.3 Å². The maximum atomic E-state index is 12.3. The summed E-state index contributed by atoms with van der Waals surface area (Å²) >= 11 is 0. The van der Waals surface area contributed by atoms with Crippen molar-refractivity contribution in [2.24, 2.45) is 0 Å². The molecule has 2 rings (SSSR count). The number of nitrogens with zero attached hydrogens (tertiary/aromatic N) is 1. The van der Waals surface area contributed by atoms with E-state index in [0.717, 1.165) is 6.42 Å². The highest BCUT2D eigenvalue weighted by Crippen LogP contribution is 2.30. The summed E-state index contributed by atoms with van der Waals surface area (Å²) in [7, 11) is 1.32. The quantitative estimate of drug-likeness (QED) is 0.324. The third-order valence-corrected chi connectivity index (χ3v) is 3.95. The molecule has 10 heteroatoms. The Morgan fingerprint density at radius 3 is 2.45 bits per heavy atom. The van der Waals surface area contributed by atoms with Crippen LogP contribution >= 0.6 is 0 Å². The second-order valence-electron chi connectivity index (χ2n) is 6.21. The number of rotatable bonds is 11. The fourth-order valence-electron chi connectivity index (χ4n) is 2.53. The molecule has 0 aliphatic rings. The number of anilines is 1. The van der Waals surface area contributed by atoms with E-state index in [1.807, 2.05) is 13.8 Å². The maximum absolute atomic E-state index is 12.3. The van der Waals surface area contributed by atoms with E-state index in [0.29, 0.717) is 24.7 Å². The predicted octanol–water partition coefficient (Wildman–Crippen LogP) is 3.59. The number of esters is 1. The summed E-state index contributed by atoms with van der Waals surface area (Å²) in [5.74, 6) is -0.311. The molecule has 0 spiro atoms. The Bertz CT molecular complexity index is 945. The van der Waals surface area contributed by atoms with Crippen molar-refractivity contribution < 1.29 is 33.5 Å². The molecule has 0 saturated carbocycles. The second kappa shape index (κ2) is 11.4. The lowest BCUT2D eigenvalue weighted by molar-refractivity contribution is -0.384. The van der Waals surface area contributed by atoms with Crippen molar-refractivity contribution in [1.29, 1.82) is 0 Å². The summed E-state index contributed by atoms with van der Waals surface area (Å²) in [6.45, 7) is 4.13. The van der Waals surface area contributed by atoms with E-state index in [2.05, 4.69) is 5.32 Å². The van der Waals surface area contributed by atoms with Gasteiger partial charge in [-0.3, -0.25) is 14.9 Å². The van der Waals surface area contributed by atoms with Crippen LogP contribution in [0.15, 0.2) is 36.4 Å². The van der Waals surface area contributed by atoms with Gasteiger partial charge in [0.05, 0.1) is 42.6 Å². The molecule has 31 heavy (non-hydrogen) atoms. The molecule has 2 aromatic rings. The van der Waals surface area contributed by atoms with Crippen LogP contribution in [-0.2, 0) is 9.53 Å². The minimum absolute atomic E-state index is 0.109. The molecular formula is C21H24N2O8. The van der Waals surface area contributed by atoms with Crippen LogP contribution in [0.2, 0.25) is 0 Å². The number of methoxy groups -OCH3 is 1. The van der Waals surface area contributed by atoms with Gasteiger partial charge >= 0.3 is 5.97 Å². The Kier molecular flexibility index (Phi) is 8.62. The molecule has 2 aromatic carbocycles. The third kappa shape index (κ3) is 6.59. The number of carbonyl (C=O) groups is 2. The first-order chi connectivity index (χ1) is 14.9. The van der Waals surface area contributed by atoms with Gasteiger partial charge in [0, 0.05) is 6.07 Å². The molecule has 0 aromatic heterocycles. The fourth-order valence-corrected chi connectivity index (χ4v) is 2.53. The predicted molar refractivity (Wildman–Crippen MR) is 112 cm³/mol. The highest BCUT2D eigenvalue weighted by Gasteiger charge is 2.17. The summed E-state index contributed by atoms with van der Waals surface area (Å²) in [4.78, 5) is 34.7. The molecular weight excluding hydrogens is 408 g/mol. The number of hydrogen-bond acceptors (Lipinski definition) is 8. The molecule has 0 unspecified atom stereocenters. The van der Waals surface area contributed by atoms with Gasteiger partial charge in [-0.2, -0.15) is 0 Å². The molecule has 0 radical (unpaired) electrons. The molecule has 0 bridgehead atoms. The van der Waals surface area contributed by atoms with Crippen LogP contribution in [0, 0.1) is 10.1 Å². The van der Waals surface area contributed by atoms with Crippen LogP contribution in [0.25, 0.3) is 0 Å². The number of ether oxygens (including phenoxy) is 4. The SMILES string of the molecule is CCCOc1ccc(C(=O)OCC(=O)Nc2ccc([N+](=O)[O-])cc2OC)cc1OCC. The Balaban J connectivity index is 2.01. The number of non-ortho nitro benzene ring substituents is 1. The smallest absolute Gasteiger partial charge is 0.338 e. The highest BCUT2D eigenvalue weighted by atomic mass is 16.6. The van der Waals surface area contributed by atoms with Gasteiger partial charge in [0.2, 0.25) is 0 Å². The zero-order valence-electron chi connectivity index (χ0n) is 17.5. The Hall–Kier alpha value is -3.82. The average molecular weight is 432 g/mol. The van der Waals surface area contributed by atoms with Crippen molar-refractivity contribution >= 4 is 23.3 Å². The number of carbonyl (C=O) groups excluding carboxylic acids is 2. The first-order valence-electron chi connectivity index (χ1n) is 9.58. The lowest BCUT2D eigenvalue weighted by Gasteiger charge is -2.13. The van der Waals surface area contributed by atoms with Crippen LogP contribution in [0.3, 0.4) is 0 Å². The minimum Gasteiger partial charge on any atom is -0.494 e. The van der Waals surface area contributed by atoms with E-state index in [9.17, 15) is 19.7 Å². The Morgan fingerprint density at radius 2 is 1.81 bits per heavy atom. The van der Waals surface area contributed by atoms with Gasteiger partial charge in [-0.15, -0.1) is 0 Å². The molecule has 1 N–H and O–H groups in total. The number of nitro groups is 1. The second-order valence-corrected chi connectivity index (χ2v) is 6.21. The Labute approximate surface area is 179 Å². The Morgan fingerprint density at radius 1 is 1.03 bits per heavy atom. The lowest BCUT2D eigenvalue weighted by atomic mass is 10.2. The zero-order valence-corrected chi connectivity index (χ0v) is 17.5. The lowest BCUT2D eigenvalue weighted by Crippen LogP contribution is -2.21. The van der Waals surface area contributed by atoms with Crippen molar-refractivity contribution in [3.63, 3.8) is 0 Å². The van der Waals surface area contributed by atoms with E-state index in [4.69, 9.17) is 18.9 Å². The highest BCUT2D eigenvalue weighted by molar-refractivity contribution is 5.96. The van der Waals surface area contributed by atoms with Gasteiger partial charge in [-0.05, 0) is 37.6 Å². The van der Waals surface area contributed by atoms with Crippen molar-refractivity contribution in [3.05, 3.63) is 52.1 Å². The normalized spacial score (nSPS) is 10.2. The number of nitro benzene ring substituents is 1. The summed E-state index contributed by atoms with van der Waals surface area (Å²) in [5, 5.41) is 13.3. The van der Waals surface area contributed by atoms with Crippen LogP contribution < -0.4 is 19.5 Å². The average Bonchev–Trinajstić information content (AvgIpc) is 2.76. The van der Waals surface area contributed by atoms with Gasteiger partial charge in [0.15, 0.2) is 18.1 Å². The first kappa shape index (κ1) is 23.5. The van der Waals surface area contributed by atoms with Crippen molar-refractivity contribution in [3.8, 4) is 17.2 Å². The summed E-state index contributed by atoms with van der Waals surface area (Å²) in [5.41, 5.74) is 0.232. The summed E-state index contributed by atoms with van der Waals surface area (Å²) in [6, 6.07) is 8.36. The van der Waals surface area contributed by atoms with Crippen LogP contribution in [-0.4, -0.2) is 43.7 Å². The van der Waals surface area contributed by atoms with E-state index in [1.165, 1.54) is 37.4 Å². The van der Waals surface area contributed by atoms with Crippen molar-refractivity contribution in [1.82, 2.24) is 0 Å². The first-order valence-corrected chi connectivity index (χ1v) is 9.58. The molecule has 166 valence electrons. The monoisotopic (exact) mass is 432 g/mol. The van der Waals surface area contributed by atoms with Crippen LogP contribution in [0.4, 0.5) is 11.4 Å². The zero-order chi connectivity index (χ0) is 22.8. The van der Waals surface area contributed by atoms with Crippen molar-refractivity contribution in [2.75, 3.05) is 32.2 Å². The molecule has 0 fully saturated rings. The molecule has 0 aliphatic carbocycles. The summed E-state index contributed by atoms with van der Waals surface area (Å²) < 4.78 is 21.2. The molecule has 10 nitrogen and oxygen atoms in total. The van der Waals surface area contributed by atoms with Gasteiger partial charge < -0.3 is 24.3 Å². The number of amides is 1. The van der Waals surface area contributed by atoms with Crippen LogP contribution in [0.5, 0.6) is 17.2 Å². The number of benzene rings is 2. The van der Waals surface area contributed by atoms with E-state index in [-0.39, 0.29) is 22.7 Å². The van der Waals surface area contributed by atoms with E-state index >= 15 is 0 Å². The molecule has 0 atom stereocenters. The summed E-state index contributed by atoms with van der Waals surface area (Å²) in [6.07, 6.45) is 0.823. The standard InChI is InChI=1S/C21H24N2O8/c1-4-10-30-17-9-6-14(11-19(17)29-5-2)21(25)31-13-20(24)22-16-8-7-15(23(26)27)12-18(16)28-3/h6-9,11-12H,4-5,10,13H2,1-3H3,(H,22,24). The molecule has 1 amide bonds. The van der Waals surface area contributed by atoms with E-state index < -0.39 is 23.4 Å². The fraction of sp³-hybridized carbons (Fsp3) is 0.333. The van der Waals surface area contributed by atoms with Gasteiger partial charge in [0.1, 0.15) is 5.75 Å². The molecule has 0 aliphatic heterocycles. The third-order valence-electron chi connectivity index (χ3n) is 3.95. The van der Waals surface area contributed by atoms with Crippen LogP contribution in [0.1, 0.15) is 30.6 Å². The van der Waals surface area contributed by atoms with Gasteiger partial charge in [-0.25, -0.2) is 4.79 Å².